The third-order valence-corrected chi connectivity index (χ3v) is 3.64. The number of pyridine rings is 1. The van der Waals surface area contributed by atoms with Gasteiger partial charge >= 0.3 is 6.18 Å². The summed E-state index contributed by atoms with van der Waals surface area (Å²) in [5, 5.41) is 0. The van der Waals surface area contributed by atoms with E-state index in [-0.39, 0.29) is 6.04 Å². The number of aromatic nitrogens is 1. The summed E-state index contributed by atoms with van der Waals surface area (Å²) in [7, 11) is 0. The molecule has 0 aliphatic carbocycles. The topological polar surface area (TPSA) is 25.2 Å². The van der Waals surface area contributed by atoms with Crippen molar-refractivity contribution in [3.05, 3.63) is 34.2 Å². The van der Waals surface area contributed by atoms with E-state index in [2.05, 4.69) is 4.90 Å². The molecule has 106 valence electrons. The SMILES string of the molecule is CCN1CCCC1Cn1cccc(C(F)(F)F)c1=O. The van der Waals surface area contributed by atoms with Gasteiger partial charge in [-0.05, 0) is 38.1 Å². The van der Waals surface area contributed by atoms with Gasteiger partial charge in [-0.3, -0.25) is 9.69 Å². The van der Waals surface area contributed by atoms with E-state index in [9.17, 15) is 18.0 Å². The summed E-state index contributed by atoms with van der Waals surface area (Å²) in [5.41, 5.74) is -2.03. The van der Waals surface area contributed by atoms with Gasteiger partial charge in [-0.1, -0.05) is 6.92 Å². The Kier molecular flexibility index (Phi) is 3.99. The molecule has 19 heavy (non-hydrogen) atoms. The maximum Gasteiger partial charge on any atom is 0.421 e. The van der Waals surface area contributed by atoms with Crippen molar-refractivity contribution < 1.29 is 13.2 Å². The Morgan fingerprint density at radius 3 is 2.79 bits per heavy atom. The van der Waals surface area contributed by atoms with Crippen molar-refractivity contribution in [1.82, 2.24) is 9.47 Å². The Labute approximate surface area is 109 Å². The van der Waals surface area contributed by atoms with Crippen LogP contribution in [-0.4, -0.2) is 28.6 Å². The molecule has 0 spiro atoms. The molecule has 2 rings (SSSR count). The number of hydrogen-bond donors (Lipinski definition) is 0. The van der Waals surface area contributed by atoms with Gasteiger partial charge in [0.2, 0.25) is 0 Å². The lowest BCUT2D eigenvalue weighted by Gasteiger charge is -2.23. The minimum atomic E-state index is -4.58. The molecule has 6 heteroatoms. The van der Waals surface area contributed by atoms with E-state index in [0.29, 0.717) is 6.54 Å². The van der Waals surface area contributed by atoms with Crippen LogP contribution in [0.3, 0.4) is 0 Å². The molecule has 0 radical (unpaired) electrons. The standard InChI is InChI=1S/C13H17F3N2O/c1-2-17-7-3-5-10(17)9-18-8-4-6-11(12(18)19)13(14,15)16/h4,6,8,10H,2-3,5,7,9H2,1H3. The van der Waals surface area contributed by atoms with E-state index in [1.54, 1.807) is 0 Å². The fraction of sp³-hybridized carbons (Fsp3) is 0.615. The second-order valence-electron chi connectivity index (χ2n) is 4.80. The highest BCUT2D eigenvalue weighted by Gasteiger charge is 2.34. The number of alkyl halides is 3. The first-order valence-electron chi connectivity index (χ1n) is 6.44. The molecule has 1 aromatic rings. The highest BCUT2D eigenvalue weighted by Crippen LogP contribution is 2.26. The molecule has 1 saturated heterocycles. The smallest absolute Gasteiger partial charge is 0.313 e. The van der Waals surface area contributed by atoms with Gasteiger partial charge in [0.1, 0.15) is 5.56 Å². The third-order valence-electron chi connectivity index (χ3n) is 3.64. The van der Waals surface area contributed by atoms with Crippen molar-refractivity contribution in [1.29, 1.82) is 0 Å². The van der Waals surface area contributed by atoms with Gasteiger partial charge in [0.25, 0.3) is 5.56 Å². The highest BCUT2D eigenvalue weighted by molar-refractivity contribution is 5.14. The number of likely N-dealkylation sites (tertiary alicyclic amines) is 1. The average molecular weight is 274 g/mol. The van der Waals surface area contributed by atoms with E-state index in [0.717, 1.165) is 32.0 Å². The lowest BCUT2D eigenvalue weighted by molar-refractivity contribution is -0.139. The minimum Gasteiger partial charge on any atom is -0.313 e. The summed E-state index contributed by atoms with van der Waals surface area (Å²) in [6.07, 6.45) is -1.19. The van der Waals surface area contributed by atoms with Crippen LogP contribution < -0.4 is 5.56 Å². The normalized spacial score (nSPS) is 20.9. The molecule has 0 bridgehead atoms. The zero-order chi connectivity index (χ0) is 14.0. The van der Waals surface area contributed by atoms with Crippen LogP contribution in [0.25, 0.3) is 0 Å². The molecule has 1 aliphatic rings. The van der Waals surface area contributed by atoms with Gasteiger partial charge in [0, 0.05) is 18.8 Å². The van der Waals surface area contributed by atoms with E-state index in [4.69, 9.17) is 0 Å². The minimum absolute atomic E-state index is 0.159. The lowest BCUT2D eigenvalue weighted by atomic mass is 10.2. The molecule has 1 aromatic heterocycles. The first-order chi connectivity index (χ1) is 8.93. The molecule has 0 aromatic carbocycles. The van der Waals surface area contributed by atoms with Gasteiger partial charge < -0.3 is 4.57 Å². The Morgan fingerprint density at radius 1 is 1.42 bits per heavy atom. The van der Waals surface area contributed by atoms with Crippen molar-refractivity contribution in [2.24, 2.45) is 0 Å². The van der Waals surface area contributed by atoms with Crippen molar-refractivity contribution in [3.8, 4) is 0 Å². The van der Waals surface area contributed by atoms with Crippen molar-refractivity contribution in [3.63, 3.8) is 0 Å². The fourth-order valence-corrected chi connectivity index (χ4v) is 2.64. The van der Waals surface area contributed by atoms with Crippen LogP contribution in [0, 0.1) is 0 Å². The fourth-order valence-electron chi connectivity index (χ4n) is 2.64. The predicted octanol–water partition coefficient (Wildman–Crippen LogP) is 2.35. The zero-order valence-corrected chi connectivity index (χ0v) is 10.8. The van der Waals surface area contributed by atoms with Crippen LogP contribution in [0.2, 0.25) is 0 Å². The summed E-state index contributed by atoms with van der Waals surface area (Å²) in [6, 6.07) is 2.28. The van der Waals surface area contributed by atoms with E-state index in [1.807, 2.05) is 6.92 Å². The van der Waals surface area contributed by atoms with Gasteiger partial charge in [-0.25, -0.2) is 0 Å². The van der Waals surface area contributed by atoms with Crippen molar-refractivity contribution in [2.75, 3.05) is 13.1 Å². The highest BCUT2D eigenvalue weighted by atomic mass is 19.4. The molecular weight excluding hydrogens is 257 g/mol. The first kappa shape index (κ1) is 14.1. The number of likely N-dealkylation sites (N-methyl/N-ethyl adjacent to an activating group) is 1. The van der Waals surface area contributed by atoms with Crippen LogP contribution >= 0.6 is 0 Å². The van der Waals surface area contributed by atoms with E-state index in [1.165, 1.54) is 16.8 Å². The predicted molar refractivity (Wildman–Crippen MR) is 66.0 cm³/mol. The average Bonchev–Trinajstić information content (AvgIpc) is 2.77. The molecule has 2 heterocycles. The van der Waals surface area contributed by atoms with Gasteiger partial charge in [-0.2, -0.15) is 13.2 Å². The van der Waals surface area contributed by atoms with Gasteiger partial charge in [0.05, 0.1) is 0 Å². The Bertz CT molecular complexity index is 495. The summed E-state index contributed by atoms with van der Waals surface area (Å²) in [4.78, 5) is 14.0. The van der Waals surface area contributed by atoms with Crippen molar-refractivity contribution in [2.45, 2.75) is 38.5 Å². The summed E-state index contributed by atoms with van der Waals surface area (Å²) >= 11 is 0. The summed E-state index contributed by atoms with van der Waals surface area (Å²) in [6.45, 7) is 4.16. The molecule has 1 aliphatic heterocycles. The maximum absolute atomic E-state index is 12.7. The number of halogens is 3. The quantitative estimate of drug-likeness (QED) is 0.845. The van der Waals surface area contributed by atoms with Gasteiger partial charge in [-0.15, -0.1) is 0 Å². The lowest BCUT2D eigenvalue weighted by Crippen LogP contribution is -2.37. The van der Waals surface area contributed by atoms with E-state index < -0.39 is 17.3 Å². The van der Waals surface area contributed by atoms with Gasteiger partial charge in [0.15, 0.2) is 0 Å². The van der Waals surface area contributed by atoms with Crippen molar-refractivity contribution >= 4 is 0 Å². The Balaban J connectivity index is 2.24. The molecule has 3 nitrogen and oxygen atoms in total. The number of rotatable bonds is 3. The first-order valence-corrected chi connectivity index (χ1v) is 6.44. The molecule has 0 amide bonds. The van der Waals surface area contributed by atoms with Crippen LogP contribution in [0.4, 0.5) is 13.2 Å². The summed E-state index contributed by atoms with van der Waals surface area (Å²) in [5.74, 6) is 0. The second-order valence-corrected chi connectivity index (χ2v) is 4.80. The van der Waals surface area contributed by atoms with Crippen LogP contribution in [0.1, 0.15) is 25.3 Å². The van der Waals surface area contributed by atoms with Crippen LogP contribution in [0.15, 0.2) is 23.1 Å². The third kappa shape index (κ3) is 3.00. The monoisotopic (exact) mass is 274 g/mol. The maximum atomic E-state index is 12.7. The van der Waals surface area contributed by atoms with Crippen LogP contribution in [-0.2, 0) is 12.7 Å². The van der Waals surface area contributed by atoms with Crippen LogP contribution in [0.5, 0.6) is 0 Å². The number of hydrogen-bond acceptors (Lipinski definition) is 2. The second kappa shape index (κ2) is 5.36. The summed E-state index contributed by atoms with van der Waals surface area (Å²) < 4.78 is 39.2. The molecular formula is C13H17F3N2O. The molecule has 1 unspecified atom stereocenters. The largest absolute Gasteiger partial charge is 0.421 e. The molecule has 1 atom stereocenters. The Morgan fingerprint density at radius 2 is 2.16 bits per heavy atom. The Hall–Kier alpha value is -1.30. The zero-order valence-electron chi connectivity index (χ0n) is 10.8. The van der Waals surface area contributed by atoms with E-state index >= 15 is 0 Å². The molecule has 1 fully saturated rings. The molecule has 0 N–H and O–H groups in total. The molecule has 0 saturated carbocycles. The number of nitrogens with zero attached hydrogens (tertiary/aromatic N) is 2.